The van der Waals surface area contributed by atoms with Gasteiger partial charge < -0.3 is 4.90 Å². The van der Waals surface area contributed by atoms with Crippen LogP contribution in [0.25, 0.3) is 0 Å². The Kier molecular flexibility index (Phi) is 4.88. The molecule has 0 aliphatic carbocycles. The largest absolute Gasteiger partial charge is 0.336 e. The number of carbonyl (C=O) groups is 1. The molecule has 1 aromatic rings. The zero-order valence-electron chi connectivity index (χ0n) is 11.7. The Morgan fingerprint density at radius 2 is 1.95 bits per heavy atom. The van der Waals surface area contributed by atoms with Gasteiger partial charge in [0.25, 0.3) is 5.91 Å². The molecular weight excluding hydrogens is 256 g/mol. The number of thiol groups is 1. The number of benzene rings is 1. The summed E-state index contributed by atoms with van der Waals surface area (Å²) in [5.41, 5.74) is 0.741. The molecule has 0 saturated carbocycles. The van der Waals surface area contributed by atoms with Gasteiger partial charge in [-0.3, -0.25) is 9.69 Å². The van der Waals surface area contributed by atoms with Crippen LogP contribution in [0.15, 0.2) is 29.2 Å². The van der Waals surface area contributed by atoms with Crippen molar-refractivity contribution in [3.05, 3.63) is 29.8 Å². The van der Waals surface area contributed by atoms with Crippen LogP contribution >= 0.6 is 12.6 Å². The summed E-state index contributed by atoms with van der Waals surface area (Å²) in [4.78, 5) is 17.6. The molecule has 3 nitrogen and oxygen atoms in total. The van der Waals surface area contributed by atoms with Gasteiger partial charge in [0, 0.05) is 43.2 Å². The van der Waals surface area contributed by atoms with Gasteiger partial charge in [-0.05, 0) is 24.1 Å². The molecule has 1 saturated heterocycles. The standard InChI is InChI=1S/C15H22N2OS/c1-12(2)11-16-6-8-17(9-7-16)15(18)13-4-3-5-14(19)10-13/h3-5,10,12,19H,6-9,11H2,1-2H3. The molecule has 0 atom stereocenters. The summed E-state index contributed by atoms with van der Waals surface area (Å²) < 4.78 is 0. The van der Waals surface area contributed by atoms with Gasteiger partial charge in [-0.2, -0.15) is 0 Å². The maximum Gasteiger partial charge on any atom is 0.253 e. The van der Waals surface area contributed by atoms with E-state index in [-0.39, 0.29) is 5.91 Å². The first-order chi connectivity index (χ1) is 9.06. The lowest BCUT2D eigenvalue weighted by Gasteiger charge is -2.35. The fourth-order valence-electron chi connectivity index (χ4n) is 2.47. The Labute approximate surface area is 121 Å². The van der Waals surface area contributed by atoms with Gasteiger partial charge >= 0.3 is 0 Å². The molecule has 0 N–H and O–H groups in total. The first-order valence-corrected chi connectivity index (χ1v) is 7.31. The predicted octanol–water partition coefficient (Wildman–Crippen LogP) is 2.39. The van der Waals surface area contributed by atoms with E-state index in [0.29, 0.717) is 5.92 Å². The maximum absolute atomic E-state index is 12.4. The molecule has 0 bridgehead atoms. The molecule has 1 aliphatic heterocycles. The average Bonchev–Trinajstić information content (AvgIpc) is 2.38. The molecule has 0 unspecified atom stereocenters. The highest BCUT2D eigenvalue weighted by Crippen LogP contribution is 2.13. The smallest absolute Gasteiger partial charge is 0.253 e. The minimum absolute atomic E-state index is 0.125. The van der Waals surface area contributed by atoms with Gasteiger partial charge in [-0.1, -0.05) is 19.9 Å². The molecule has 0 radical (unpaired) electrons. The molecule has 104 valence electrons. The summed E-state index contributed by atoms with van der Waals surface area (Å²) in [6.45, 7) is 9.18. The van der Waals surface area contributed by atoms with Crippen molar-refractivity contribution in [2.75, 3.05) is 32.7 Å². The SMILES string of the molecule is CC(C)CN1CCN(C(=O)c2cccc(S)c2)CC1. The number of amides is 1. The second-order valence-electron chi connectivity index (χ2n) is 5.54. The van der Waals surface area contributed by atoms with Crippen molar-refractivity contribution in [2.24, 2.45) is 5.92 Å². The first kappa shape index (κ1) is 14.4. The van der Waals surface area contributed by atoms with Crippen molar-refractivity contribution in [3.63, 3.8) is 0 Å². The lowest BCUT2D eigenvalue weighted by atomic mass is 10.1. The van der Waals surface area contributed by atoms with Gasteiger partial charge in [-0.15, -0.1) is 12.6 Å². The normalized spacial score (nSPS) is 16.9. The Morgan fingerprint density at radius 3 is 2.53 bits per heavy atom. The molecule has 1 fully saturated rings. The monoisotopic (exact) mass is 278 g/mol. The van der Waals surface area contributed by atoms with E-state index in [9.17, 15) is 4.79 Å². The number of rotatable bonds is 3. The van der Waals surface area contributed by atoms with Crippen molar-refractivity contribution < 1.29 is 4.79 Å². The lowest BCUT2D eigenvalue weighted by molar-refractivity contribution is 0.0623. The number of hydrogen-bond donors (Lipinski definition) is 1. The summed E-state index contributed by atoms with van der Waals surface area (Å²) in [5.74, 6) is 0.809. The Hall–Kier alpha value is -1.00. The summed E-state index contributed by atoms with van der Waals surface area (Å²) in [5, 5.41) is 0. The van der Waals surface area contributed by atoms with Crippen LogP contribution in [0, 0.1) is 5.92 Å². The Bertz CT molecular complexity index is 440. The molecule has 0 aromatic heterocycles. The van der Waals surface area contributed by atoms with Crippen LogP contribution in [0.1, 0.15) is 24.2 Å². The molecule has 1 heterocycles. The van der Waals surface area contributed by atoms with Crippen molar-refractivity contribution in [3.8, 4) is 0 Å². The highest BCUT2D eigenvalue weighted by atomic mass is 32.1. The third kappa shape index (κ3) is 3.98. The van der Waals surface area contributed by atoms with Crippen LogP contribution in [0.5, 0.6) is 0 Å². The molecule has 1 amide bonds. The molecule has 1 aromatic carbocycles. The third-order valence-electron chi connectivity index (χ3n) is 3.38. The van der Waals surface area contributed by atoms with E-state index in [1.54, 1.807) is 0 Å². The first-order valence-electron chi connectivity index (χ1n) is 6.87. The summed E-state index contributed by atoms with van der Waals surface area (Å²) in [7, 11) is 0. The van der Waals surface area contributed by atoms with E-state index in [0.717, 1.165) is 43.2 Å². The Morgan fingerprint density at radius 1 is 1.26 bits per heavy atom. The van der Waals surface area contributed by atoms with Gasteiger partial charge in [0.2, 0.25) is 0 Å². The number of hydrogen-bond acceptors (Lipinski definition) is 3. The topological polar surface area (TPSA) is 23.6 Å². The number of piperazine rings is 1. The predicted molar refractivity (Wildman–Crippen MR) is 80.9 cm³/mol. The molecule has 1 aliphatic rings. The van der Waals surface area contributed by atoms with Crippen LogP contribution in [-0.4, -0.2) is 48.4 Å². The second kappa shape index (κ2) is 6.44. The van der Waals surface area contributed by atoms with Crippen LogP contribution in [-0.2, 0) is 0 Å². The van der Waals surface area contributed by atoms with Crippen LogP contribution in [0.2, 0.25) is 0 Å². The fourth-order valence-corrected chi connectivity index (χ4v) is 2.70. The van der Waals surface area contributed by atoms with Crippen molar-refractivity contribution >= 4 is 18.5 Å². The van der Waals surface area contributed by atoms with Crippen molar-refractivity contribution in [2.45, 2.75) is 18.7 Å². The van der Waals surface area contributed by atoms with Gasteiger partial charge in [0.15, 0.2) is 0 Å². The van der Waals surface area contributed by atoms with E-state index >= 15 is 0 Å². The van der Waals surface area contributed by atoms with Crippen molar-refractivity contribution in [1.29, 1.82) is 0 Å². The van der Waals surface area contributed by atoms with E-state index < -0.39 is 0 Å². The molecule has 0 spiro atoms. The minimum atomic E-state index is 0.125. The second-order valence-corrected chi connectivity index (χ2v) is 6.05. The highest BCUT2D eigenvalue weighted by Gasteiger charge is 2.22. The zero-order valence-corrected chi connectivity index (χ0v) is 12.6. The highest BCUT2D eigenvalue weighted by molar-refractivity contribution is 7.80. The summed E-state index contributed by atoms with van der Waals surface area (Å²) >= 11 is 4.29. The van der Waals surface area contributed by atoms with Gasteiger partial charge in [0.1, 0.15) is 0 Å². The summed E-state index contributed by atoms with van der Waals surface area (Å²) in [6, 6.07) is 7.47. The average molecular weight is 278 g/mol. The third-order valence-corrected chi connectivity index (χ3v) is 3.65. The van der Waals surface area contributed by atoms with E-state index in [1.807, 2.05) is 29.2 Å². The van der Waals surface area contributed by atoms with Crippen LogP contribution in [0.3, 0.4) is 0 Å². The van der Waals surface area contributed by atoms with E-state index in [2.05, 4.69) is 31.4 Å². The fraction of sp³-hybridized carbons (Fsp3) is 0.533. The van der Waals surface area contributed by atoms with E-state index in [4.69, 9.17) is 0 Å². The van der Waals surface area contributed by atoms with Gasteiger partial charge in [0.05, 0.1) is 0 Å². The quantitative estimate of drug-likeness (QED) is 0.858. The van der Waals surface area contributed by atoms with Crippen LogP contribution in [0.4, 0.5) is 0 Å². The maximum atomic E-state index is 12.4. The van der Waals surface area contributed by atoms with Crippen LogP contribution < -0.4 is 0 Å². The number of carbonyl (C=O) groups excluding carboxylic acids is 1. The lowest BCUT2D eigenvalue weighted by Crippen LogP contribution is -2.49. The summed E-state index contributed by atoms with van der Waals surface area (Å²) in [6.07, 6.45) is 0. The number of nitrogens with zero attached hydrogens (tertiary/aromatic N) is 2. The van der Waals surface area contributed by atoms with E-state index in [1.165, 1.54) is 0 Å². The zero-order chi connectivity index (χ0) is 13.8. The molecule has 4 heteroatoms. The molecule has 19 heavy (non-hydrogen) atoms. The van der Waals surface area contributed by atoms with Crippen molar-refractivity contribution in [1.82, 2.24) is 9.80 Å². The van der Waals surface area contributed by atoms with Gasteiger partial charge in [-0.25, -0.2) is 0 Å². The molecule has 2 rings (SSSR count). The minimum Gasteiger partial charge on any atom is -0.336 e. The Balaban J connectivity index is 1.92. The molecular formula is C15H22N2OS.